The number of thiazole rings is 1. The highest BCUT2D eigenvalue weighted by Crippen LogP contribution is 2.33. The third-order valence-electron chi connectivity index (χ3n) is 5.07. The summed E-state index contributed by atoms with van der Waals surface area (Å²) in [5, 5.41) is 10.4. The van der Waals surface area contributed by atoms with E-state index in [1.54, 1.807) is 23.5 Å². The van der Waals surface area contributed by atoms with Crippen LogP contribution in [0.3, 0.4) is 0 Å². The molecule has 6 nitrogen and oxygen atoms in total. The summed E-state index contributed by atoms with van der Waals surface area (Å²) in [6.07, 6.45) is 1.92. The molecule has 0 atom stereocenters. The van der Waals surface area contributed by atoms with Crippen molar-refractivity contribution in [1.82, 2.24) is 24.4 Å². The number of hydrogen-bond acceptors (Lipinski definition) is 5. The molecular formula is C23H19N5OS. The molecule has 0 saturated carbocycles. The van der Waals surface area contributed by atoms with E-state index in [-0.39, 0.29) is 5.56 Å². The minimum absolute atomic E-state index is 0.151. The van der Waals surface area contributed by atoms with E-state index in [9.17, 15) is 4.79 Å². The van der Waals surface area contributed by atoms with Gasteiger partial charge in [-0.3, -0.25) is 4.79 Å². The summed E-state index contributed by atoms with van der Waals surface area (Å²) in [6.45, 7) is 4.37. The summed E-state index contributed by atoms with van der Waals surface area (Å²) >= 11 is 1.60. The van der Waals surface area contributed by atoms with Gasteiger partial charge < -0.3 is 0 Å². The molecule has 0 radical (unpaired) electrons. The Hall–Kier alpha value is -3.58. The van der Waals surface area contributed by atoms with Crippen molar-refractivity contribution in [2.45, 2.75) is 20.4 Å². The van der Waals surface area contributed by atoms with Crippen LogP contribution in [-0.2, 0) is 6.54 Å². The third-order valence-corrected chi connectivity index (χ3v) is 6.13. The largest absolute Gasteiger partial charge is 0.268 e. The van der Waals surface area contributed by atoms with Gasteiger partial charge in [-0.15, -0.1) is 11.3 Å². The van der Waals surface area contributed by atoms with Gasteiger partial charge in [0, 0.05) is 22.7 Å². The molecule has 0 N–H and O–H groups in total. The van der Waals surface area contributed by atoms with E-state index >= 15 is 0 Å². The van der Waals surface area contributed by atoms with Gasteiger partial charge >= 0.3 is 0 Å². The molecule has 4 heterocycles. The molecule has 0 amide bonds. The van der Waals surface area contributed by atoms with Crippen LogP contribution in [0.15, 0.2) is 71.7 Å². The Morgan fingerprint density at radius 3 is 2.50 bits per heavy atom. The molecule has 0 aliphatic carbocycles. The molecule has 30 heavy (non-hydrogen) atoms. The molecule has 4 aromatic heterocycles. The zero-order valence-electron chi connectivity index (χ0n) is 16.6. The molecular weight excluding hydrogens is 394 g/mol. The van der Waals surface area contributed by atoms with Crippen LogP contribution in [0.5, 0.6) is 0 Å². The second-order valence-corrected chi connectivity index (χ2v) is 8.37. The maximum absolute atomic E-state index is 12.5. The minimum atomic E-state index is -0.151. The average molecular weight is 414 g/mol. The predicted molar refractivity (Wildman–Crippen MR) is 119 cm³/mol. The summed E-state index contributed by atoms with van der Waals surface area (Å²) in [5.74, 6) is 0. The van der Waals surface area contributed by atoms with Gasteiger partial charge in [0.15, 0.2) is 0 Å². The fraction of sp³-hybridized carbons (Fsp3) is 0.130. The van der Waals surface area contributed by atoms with Gasteiger partial charge in [-0.05, 0) is 32.0 Å². The van der Waals surface area contributed by atoms with Crippen molar-refractivity contribution in [3.63, 3.8) is 0 Å². The van der Waals surface area contributed by atoms with E-state index in [0.29, 0.717) is 12.2 Å². The van der Waals surface area contributed by atoms with E-state index in [0.717, 1.165) is 37.9 Å². The molecule has 0 spiro atoms. The van der Waals surface area contributed by atoms with Crippen LogP contribution in [0, 0.1) is 13.8 Å². The normalized spacial score (nSPS) is 11.3. The molecule has 0 bridgehead atoms. The molecule has 0 saturated heterocycles. The standard InChI is InChI=1S/C23H19N5OS/c1-15-16(2)30-20(24-15)14-28-21(29)12-11-18(25-28)22-19-10-6-7-13-27(19)26-23(22)17-8-4-3-5-9-17/h3-13H,14H2,1-2H3. The Kier molecular flexibility index (Phi) is 4.52. The second kappa shape index (κ2) is 7.35. The van der Waals surface area contributed by atoms with Gasteiger partial charge in [0.05, 0.1) is 29.0 Å². The van der Waals surface area contributed by atoms with Crippen LogP contribution in [0.4, 0.5) is 0 Å². The van der Waals surface area contributed by atoms with Crippen LogP contribution in [-0.4, -0.2) is 24.4 Å². The van der Waals surface area contributed by atoms with E-state index in [2.05, 4.69) is 4.98 Å². The van der Waals surface area contributed by atoms with Crippen molar-refractivity contribution in [2.75, 3.05) is 0 Å². The lowest BCUT2D eigenvalue weighted by molar-refractivity contribution is 0.639. The van der Waals surface area contributed by atoms with Crippen molar-refractivity contribution >= 4 is 16.9 Å². The topological polar surface area (TPSA) is 65.1 Å². The van der Waals surface area contributed by atoms with Gasteiger partial charge in [-0.1, -0.05) is 36.4 Å². The number of nitrogens with zero attached hydrogens (tertiary/aromatic N) is 5. The number of benzene rings is 1. The molecule has 0 fully saturated rings. The van der Waals surface area contributed by atoms with Gasteiger partial charge in [-0.25, -0.2) is 14.2 Å². The van der Waals surface area contributed by atoms with Gasteiger partial charge in [0.1, 0.15) is 10.7 Å². The lowest BCUT2D eigenvalue weighted by Gasteiger charge is -2.07. The van der Waals surface area contributed by atoms with Crippen LogP contribution in [0.1, 0.15) is 15.6 Å². The van der Waals surface area contributed by atoms with E-state index in [1.807, 2.05) is 73.1 Å². The van der Waals surface area contributed by atoms with Gasteiger partial charge in [-0.2, -0.15) is 10.2 Å². The zero-order valence-corrected chi connectivity index (χ0v) is 17.4. The Labute approximate surface area is 177 Å². The summed E-state index contributed by atoms with van der Waals surface area (Å²) in [7, 11) is 0. The Morgan fingerprint density at radius 2 is 1.73 bits per heavy atom. The van der Waals surface area contributed by atoms with Crippen molar-refractivity contribution in [3.05, 3.63) is 92.8 Å². The fourth-order valence-corrected chi connectivity index (χ4v) is 4.40. The highest BCUT2D eigenvalue weighted by molar-refractivity contribution is 7.11. The molecule has 1 aromatic carbocycles. The zero-order chi connectivity index (χ0) is 20.7. The third kappa shape index (κ3) is 3.23. The maximum atomic E-state index is 12.5. The highest BCUT2D eigenvalue weighted by atomic mass is 32.1. The van der Waals surface area contributed by atoms with Crippen LogP contribution >= 0.6 is 11.3 Å². The van der Waals surface area contributed by atoms with Gasteiger partial charge in [0.2, 0.25) is 0 Å². The fourth-order valence-electron chi connectivity index (χ4n) is 3.48. The Balaban J connectivity index is 1.68. The summed E-state index contributed by atoms with van der Waals surface area (Å²) in [4.78, 5) is 18.2. The SMILES string of the molecule is Cc1nc(Cn2nc(-c3c(-c4ccccc4)nn4ccccc34)ccc2=O)sc1C. The van der Waals surface area contributed by atoms with Gasteiger partial charge in [0.25, 0.3) is 5.56 Å². The first-order chi connectivity index (χ1) is 14.6. The first-order valence-electron chi connectivity index (χ1n) is 9.64. The number of fused-ring (bicyclic) bond motifs is 1. The smallest absolute Gasteiger partial charge is 0.267 e. The highest BCUT2D eigenvalue weighted by Gasteiger charge is 2.18. The maximum Gasteiger partial charge on any atom is 0.267 e. The summed E-state index contributed by atoms with van der Waals surface area (Å²) < 4.78 is 3.33. The van der Waals surface area contributed by atoms with E-state index < -0.39 is 0 Å². The number of aromatic nitrogens is 5. The predicted octanol–water partition coefficient (Wildman–Crippen LogP) is 4.35. The Bertz CT molecular complexity index is 1400. The second-order valence-electron chi connectivity index (χ2n) is 7.08. The van der Waals surface area contributed by atoms with Crippen LogP contribution in [0.25, 0.3) is 28.0 Å². The molecule has 5 rings (SSSR count). The van der Waals surface area contributed by atoms with Crippen molar-refractivity contribution in [1.29, 1.82) is 0 Å². The van der Waals surface area contributed by atoms with E-state index in [1.165, 1.54) is 4.68 Å². The van der Waals surface area contributed by atoms with Crippen LogP contribution < -0.4 is 5.56 Å². The molecule has 0 aliphatic heterocycles. The van der Waals surface area contributed by atoms with Crippen molar-refractivity contribution in [2.24, 2.45) is 0 Å². The quantitative estimate of drug-likeness (QED) is 0.439. The first kappa shape index (κ1) is 18.4. The summed E-state index contributed by atoms with van der Waals surface area (Å²) in [6, 6.07) is 19.3. The average Bonchev–Trinajstić information content (AvgIpc) is 3.30. The minimum Gasteiger partial charge on any atom is -0.268 e. The van der Waals surface area contributed by atoms with Crippen molar-refractivity contribution < 1.29 is 0 Å². The summed E-state index contributed by atoms with van der Waals surface area (Å²) in [5.41, 5.74) is 5.23. The molecule has 148 valence electrons. The lowest BCUT2D eigenvalue weighted by Crippen LogP contribution is -2.22. The first-order valence-corrected chi connectivity index (χ1v) is 10.5. The monoisotopic (exact) mass is 413 g/mol. The van der Waals surface area contributed by atoms with Crippen LogP contribution in [0.2, 0.25) is 0 Å². The number of pyridine rings is 1. The molecule has 5 aromatic rings. The van der Waals surface area contributed by atoms with E-state index in [4.69, 9.17) is 10.2 Å². The number of aryl methyl sites for hydroxylation is 2. The molecule has 7 heteroatoms. The van der Waals surface area contributed by atoms with Crippen molar-refractivity contribution in [3.8, 4) is 22.5 Å². The molecule has 0 aliphatic rings. The lowest BCUT2D eigenvalue weighted by atomic mass is 10.0. The Morgan fingerprint density at radius 1 is 0.933 bits per heavy atom. The number of hydrogen-bond donors (Lipinski definition) is 0. The number of rotatable bonds is 4. The molecule has 0 unspecified atom stereocenters.